The maximum Gasteiger partial charge on any atom is 0.212 e. The predicted molar refractivity (Wildman–Crippen MR) is 77.7 cm³/mol. The topological polar surface area (TPSA) is 61.4 Å². The zero-order valence-electron chi connectivity index (χ0n) is 11.5. The molecule has 0 aromatic heterocycles. The monoisotopic (exact) mass is 287 g/mol. The van der Waals surface area contributed by atoms with Gasteiger partial charge in [0.1, 0.15) is 0 Å². The Balaban J connectivity index is 1.63. The van der Waals surface area contributed by atoms with Crippen LogP contribution in [0, 0.1) is 0 Å². The number of hydrogen-bond donors (Lipinski definition) is 2. The number of rotatable bonds is 7. The summed E-state index contributed by atoms with van der Waals surface area (Å²) in [6, 6.07) is 0. The van der Waals surface area contributed by atoms with Crippen molar-refractivity contribution in [1.82, 2.24) is 14.9 Å². The highest BCUT2D eigenvalue weighted by Crippen LogP contribution is 2.19. The van der Waals surface area contributed by atoms with E-state index in [1.54, 1.807) is 0 Å². The van der Waals surface area contributed by atoms with Crippen LogP contribution < -0.4 is 10.0 Å². The largest absolute Gasteiger partial charge is 0.314 e. The highest BCUT2D eigenvalue weighted by atomic mass is 32.2. The van der Waals surface area contributed by atoms with E-state index in [4.69, 9.17) is 0 Å². The number of nitrogens with zero attached hydrogens (tertiary/aromatic N) is 1. The van der Waals surface area contributed by atoms with Crippen LogP contribution in [-0.4, -0.2) is 58.3 Å². The highest BCUT2D eigenvalue weighted by molar-refractivity contribution is 7.89. The molecule has 6 heteroatoms. The van der Waals surface area contributed by atoms with E-state index in [0.717, 1.165) is 45.4 Å². The molecule has 0 bridgehead atoms. The van der Waals surface area contributed by atoms with Crippen molar-refractivity contribution >= 4 is 10.0 Å². The van der Waals surface area contributed by atoms with Crippen LogP contribution in [0.25, 0.3) is 0 Å². The van der Waals surface area contributed by atoms with Gasteiger partial charge in [-0.1, -0.05) is 11.6 Å². The number of piperazine rings is 1. The van der Waals surface area contributed by atoms with Gasteiger partial charge in [0, 0.05) is 39.3 Å². The fourth-order valence-electron chi connectivity index (χ4n) is 2.59. The zero-order chi connectivity index (χ0) is 13.6. The van der Waals surface area contributed by atoms with Crippen molar-refractivity contribution in [2.24, 2.45) is 0 Å². The Morgan fingerprint density at radius 3 is 2.79 bits per heavy atom. The average molecular weight is 287 g/mol. The van der Waals surface area contributed by atoms with Crippen LogP contribution in [0.5, 0.6) is 0 Å². The maximum atomic E-state index is 11.9. The van der Waals surface area contributed by atoms with Crippen molar-refractivity contribution in [2.45, 2.75) is 25.7 Å². The van der Waals surface area contributed by atoms with Crippen LogP contribution >= 0.6 is 0 Å². The fraction of sp³-hybridized carbons (Fsp3) is 0.846. The molecule has 0 amide bonds. The molecule has 0 aromatic carbocycles. The van der Waals surface area contributed by atoms with Crippen LogP contribution in [0.2, 0.25) is 0 Å². The molecule has 110 valence electrons. The van der Waals surface area contributed by atoms with Crippen LogP contribution in [0.1, 0.15) is 25.7 Å². The molecule has 0 saturated carbocycles. The third-order valence-corrected chi connectivity index (χ3v) is 5.15. The van der Waals surface area contributed by atoms with Gasteiger partial charge in [0.25, 0.3) is 0 Å². The predicted octanol–water partition coefficient (Wildman–Crippen LogP) is 0.311. The van der Waals surface area contributed by atoms with Gasteiger partial charge in [-0.05, 0) is 25.7 Å². The molecule has 5 nitrogen and oxygen atoms in total. The number of allylic oxidation sites excluding steroid dienone is 1. The van der Waals surface area contributed by atoms with Gasteiger partial charge in [-0.3, -0.25) is 4.90 Å². The van der Waals surface area contributed by atoms with E-state index in [9.17, 15) is 8.42 Å². The molecule has 2 rings (SSSR count). The normalized spacial score (nSPS) is 21.6. The molecule has 1 fully saturated rings. The zero-order valence-corrected chi connectivity index (χ0v) is 12.3. The molecule has 2 aliphatic rings. The number of nitrogens with one attached hydrogen (secondary N) is 2. The number of sulfonamides is 1. The number of hydrogen-bond acceptors (Lipinski definition) is 4. The van der Waals surface area contributed by atoms with Crippen molar-refractivity contribution in [3.8, 4) is 0 Å². The van der Waals surface area contributed by atoms with Crippen molar-refractivity contribution in [2.75, 3.05) is 45.0 Å². The summed E-state index contributed by atoms with van der Waals surface area (Å²) in [5.74, 6) is 0.214. The maximum absolute atomic E-state index is 11.9. The highest BCUT2D eigenvalue weighted by Gasteiger charge is 2.15. The summed E-state index contributed by atoms with van der Waals surface area (Å²) in [7, 11) is -3.11. The molecule has 0 radical (unpaired) electrons. The lowest BCUT2D eigenvalue weighted by Crippen LogP contribution is -2.46. The summed E-state index contributed by atoms with van der Waals surface area (Å²) in [6.07, 6.45) is 6.64. The SMILES string of the molecule is O=S(=O)(CCN1CCNCC1)NCCC1=CCCC1. The van der Waals surface area contributed by atoms with Crippen LogP contribution in [0.4, 0.5) is 0 Å². The van der Waals surface area contributed by atoms with E-state index in [1.165, 1.54) is 12.0 Å². The molecule has 1 aliphatic carbocycles. The van der Waals surface area contributed by atoms with Gasteiger partial charge in [-0.15, -0.1) is 0 Å². The average Bonchev–Trinajstić information content (AvgIpc) is 2.91. The Hall–Kier alpha value is -0.430. The molecule has 0 spiro atoms. The summed E-state index contributed by atoms with van der Waals surface area (Å²) in [5, 5.41) is 3.26. The Bertz CT molecular complexity index is 400. The van der Waals surface area contributed by atoms with Crippen LogP contribution in [-0.2, 0) is 10.0 Å². The third-order valence-electron chi connectivity index (χ3n) is 3.79. The van der Waals surface area contributed by atoms with Gasteiger partial charge in [0.05, 0.1) is 5.75 Å². The van der Waals surface area contributed by atoms with E-state index in [1.807, 2.05) is 0 Å². The molecular formula is C13H25N3O2S. The van der Waals surface area contributed by atoms with Gasteiger partial charge in [0.15, 0.2) is 0 Å². The molecule has 0 unspecified atom stereocenters. The van der Waals surface area contributed by atoms with Gasteiger partial charge in [-0.2, -0.15) is 0 Å². The molecule has 0 aromatic rings. The van der Waals surface area contributed by atoms with Crippen molar-refractivity contribution in [3.05, 3.63) is 11.6 Å². The summed E-state index contributed by atoms with van der Waals surface area (Å²) in [5.41, 5.74) is 1.41. The van der Waals surface area contributed by atoms with Gasteiger partial charge in [0.2, 0.25) is 10.0 Å². The van der Waals surface area contributed by atoms with E-state index in [2.05, 4.69) is 21.0 Å². The first kappa shape index (κ1) is 15.0. The van der Waals surface area contributed by atoms with Crippen molar-refractivity contribution in [1.29, 1.82) is 0 Å². The minimum atomic E-state index is -3.11. The molecule has 1 aliphatic heterocycles. The lowest BCUT2D eigenvalue weighted by atomic mass is 10.2. The first-order valence-electron chi connectivity index (χ1n) is 7.24. The summed E-state index contributed by atoms with van der Waals surface area (Å²) in [6.45, 7) is 5.00. The van der Waals surface area contributed by atoms with Crippen molar-refractivity contribution < 1.29 is 8.42 Å². The fourth-order valence-corrected chi connectivity index (χ4v) is 3.64. The Labute approximate surface area is 116 Å². The third kappa shape index (κ3) is 5.60. The summed E-state index contributed by atoms with van der Waals surface area (Å²) in [4.78, 5) is 2.20. The second-order valence-electron chi connectivity index (χ2n) is 5.31. The van der Waals surface area contributed by atoms with Gasteiger partial charge in [-0.25, -0.2) is 13.1 Å². The Morgan fingerprint density at radius 2 is 2.11 bits per heavy atom. The minimum Gasteiger partial charge on any atom is -0.314 e. The Kier molecular flexibility index (Phi) is 5.81. The second-order valence-corrected chi connectivity index (χ2v) is 7.24. The van der Waals surface area contributed by atoms with Gasteiger partial charge >= 0.3 is 0 Å². The van der Waals surface area contributed by atoms with E-state index in [-0.39, 0.29) is 5.75 Å². The molecule has 19 heavy (non-hydrogen) atoms. The minimum absolute atomic E-state index is 0.214. The molecular weight excluding hydrogens is 262 g/mol. The first-order valence-corrected chi connectivity index (χ1v) is 8.89. The van der Waals surface area contributed by atoms with E-state index in [0.29, 0.717) is 13.1 Å². The standard InChI is InChI=1S/C13H25N3O2S/c17-19(18,12-11-16-9-7-14-8-10-16)15-6-5-13-3-1-2-4-13/h3,14-15H,1-2,4-12H2. The van der Waals surface area contributed by atoms with Crippen LogP contribution in [0.3, 0.4) is 0 Å². The van der Waals surface area contributed by atoms with Crippen molar-refractivity contribution in [3.63, 3.8) is 0 Å². The van der Waals surface area contributed by atoms with E-state index < -0.39 is 10.0 Å². The summed E-state index contributed by atoms with van der Waals surface area (Å²) < 4.78 is 26.5. The molecule has 1 heterocycles. The molecule has 2 N–H and O–H groups in total. The lowest BCUT2D eigenvalue weighted by Gasteiger charge is -2.26. The van der Waals surface area contributed by atoms with Gasteiger partial charge < -0.3 is 5.32 Å². The first-order chi connectivity index (χ1) is 9.16. The second kappa shape index (κ2) is 7.38. The smallest absolute Gasteiger partial charge is 0.212 e. The summed E-state index contributed by atoms with van der Waals surface area (Å²) >= 11 is 0. The lowest BCUT2D eigenvalue weighted by molar-refractivity contribution is 0.253. The Morgan fingerprint density at radius 1 is 1.32 bits per heavy atom. The molecule has 0 atom stereocenters. The van der Waals surface area contributed by atoms with Crippen LogP contribution in [0.15, 0.2) is 11.6 Å². The molecule has 1 saturated heterocycles. The quantitative estimate of drug-likeness (QED) is 0.662. The van der Waals surface area contributed by atoms with E-state index >= 15 is 0 Å².